The molecular weight excluding hydrogens is 1440 g/mol. The maximum atomic E-state index is 14.7. The van der Waals surface area contributed by atoms with Crippen LogP contribution in [0, 0.1) is 0 Å². The fourth-order valence-electron chi connectivity index (χ4n) is 9.75. The number of unbranched alkanes of at least 4 members (excludes halogenated alkanes) is 2. The molecular formula is C63H95N17O16S6. The van der Waals surface area contributed by atoms with Gasteiger partial charge in [-0.2, -0.15) is 74.9 Å². The molecule has 1 heterocycles. The monoisotopic (exact) mass is 1540 g/mol. The number of carboxylic acids is 1. The van der Waals surface area contributed by atoms with Gasteiger partial charge in [0.15, 0.2) is 0 Å². The van der Waals surface area contributed by atoms with Crippen LogP contribution in [0.1, 0.15) is 81.5 Å². The van der Waals surface area contributed by atoms with E-state index in [0.29, 0.717) is 42.5 Å². The minimum atomic E-state index is -1.61. The second-order valence-corrected chi connectivity index (χ2v) is 26.2. The maximum absolute atomic E-state index is 14.7. The first-order valence-corrected chi connectivity index (χ1v) is 37.1. The van der Waals surface area contributed by atoms with Crippen LogP contribution in [0.25, 0.3) is 0 Å². The number of carbonyl (C=O) groups excluding carboxylic acids is 13. The average Bonchev–Trinajstić information content (AvgIpc) is 0.979. The van der Waals surface area contributed by atoms with Crippen molar-refractivity contribution in [2.45, 2.75) is 156 Å². The molecule has 0 bridgehead atoms. The van der Waals surface area contributed by atoms with Crippen molar-refractivity contribution in [3.8, 4) is 5.75 Å². The molecule has 2 aromatic carbocycles. The summed E-state index contributed by atoms with van der Waals surface area (Å²) in [5, 5.41) is 50.5. The van der Waals surface area contributed by atoms with Gasteiger partial charge in [0.05, 0.1) is 6.33 Å². The third kappa shape index (κ3) is 32.2. The molecule has 102 heavy (non-hydrogen) atoms. The Morgan fingerprint density at radius 1 is 0.441 bits per heavy atom. The number of rotatable bonds is 49. The summed E-state index contributed by atoms with van der Waals surface area (Å²) >= 11 is 22.6. The Morgan fingerprint density at radius 3 is 1.14 bits per heavy atom. The van der Waals surface area contributed by atoms with Crippen LogP contribution < -0.4 is 81.0 Å². The summed E-state index contributed by atoms with van der Waals surface area (Å²) in [6.45, 7) is 1.73. The molecule has 0 aliphatic rings. The van der Waals surface area contributed by atoms with Gasteiger partial charge in [0.2, 0.25) is 76.8 Å². The highest BCUT2D eigenvalue weighted by atomic mass is 32.2. The van der Waals surface area contributed by atoms with Crippen molar-refractivity contribution in [3.63, 3.8) is 0 Å². The lowest BCUT2D eigenvalue weighted by Gasteiger charge is -2.28. The summed E-state index contributed by atoms with van der Waals surface area (Å²) in [4.78, 5) is 197. The fourth-order valence-corrected chi connectivity index (χ4v) is 11.5. The highest BCUT2D eigenvalue weighted by Crippen LogP contribution is 2.15. The molecule has 3 rings (SSSR count). The molecule has 1 aromatic heterocycles. The van der Waals surface area contributed by atoms with Crippen molar-refractivity contribution in [2.24, 2.45) is 17.2 Å². The molecule has 0 unspecified atom stereocenters. The Kier molecular flexibility index (Phi) is 41.6. The first-order chi connectivity index (χ1) is 48.6. The molecule has 13 amide bonds. The average molecular weight is 1540 g/mol. The number of benzene rings is 2. The van der Waals surface area contributed by atoms with Gasteiger partial charge >= 0.3 is 5.97 Å². The van der Waals surface area contributed by atoms with E-state index in [-0.39, 0.29) is 80.4 Å². The highest BCUT2D eigenvalue weighted by molar-refractivity contribution is 7.98. The number of nitrogens with one attached hydrogen (secondary N) is 13. The van der Waals surface area contributed by atoms with E-state index in [4.69, 9.17) is 17.2 Å². The summed E-state index contributed by atoms with van der Waals surface area (Å²) in [7, 11) is 0. The zero-order valence-corrected chi connectivity index (χ0v) is 61.6. The highest BCUT2D eigenvalue weighted by Gasteiger charge is 2.37. The molecule has 12 atom stereocenters. The van der Waals surface area contributed by atoms with Crippen LogP contribution in [0.2, 0.25) is 0 Å². The number of aromatic amines is 1. The zero-order chi connectivity index (χ0) is 75.8. The minimum absolute atomic E-state index is 0.0267. The lowest BCUT2D eigenvalue weighted by atomic mass is 10.0. The number of aliphatic carboxylic acids is 1. The van der Waals surface area contributed by atoms with Crippen LogP contribution in [-0.4, -0.2) is 229 Å². The van der Waals surface area contributed by atoms with E-state index in [2.05, 4.69) is 137 Å². The predicted molar refractivity (Wildman–Crippen MR) is 397 cm³/mol. The van der Waals surface area contributed by atoms with Crippen LogP contribution in [-0.2, 0) is 86.4 Å². The number of aromatic hydroxyl groups is 1. The van der Waals surface area contributed by atoms with Gasteiger partial charge in [-0.15, -0.1) is 0 Å². The normalized spacial score (nSPS) is 14.6. The summed E-state index contributed by atoms with van der Waals surface area (Å²) in [5.74, 6) is -14.2. The molecule has 0 saturated heterocycles. The first-order valence-electron chi connectivity index (χ1n) is 32.5. The standard InChI is InChI=1S/C63H95N17O16S6/c1-34(81)69-46(28-97)58(90)71-39(12-6-8-21-64)52(84)70-40(13-7-9-22-65)53(85)77-50(32-101)62(94)80-48(30-99)60(92)74-43(24-36-14-16-38(82)17-15-36)56(88)75-44(26-37-27-67-33-68-37)57(89)79-47(29-98)59(91)72-41(18-19-51(66)83)54(86)73-42(20-23-102-2)55(87)78-49(31-100)61(93)76-45(63(95)96)25-35-10-4-3-5-11-35/h3-5,10-11,14-17,27,33,39-50,82,97-101H,6-9,12-13,18-26,28-32,64-65H2,1-2H3,(H2,66,83)(H,67,68)(H,69,81)(H,70,84)(H,71,90)(H,72,91)(H,73,86)(H,74,92)(H,75,88)(H,76,93)(H,77,85)(H,78,87)(H,79,89)(H,80,94)(H,95,96)/t39-,40-,41-,42-,43-,44-,45-,46-,47-,48-,49-,50-/m0/s1. The third-order valence-electron chi connectivity index (χ3n) is 15.4. The van der Waals surface area contributed by atoms with E-state index in [9.17, 15) is 77.3 Å². The maximum Gasteiger partial charge on any atom is 0.326 e. The number of nitrogens with two attached hydrogens (primary N) is 3. The number of carbonyl (C=O) groups is 14. The second-order valence-electron chi connectivity index (χ2n) is 23.4. The van der Waals surface area contributed by atoms with E-state index >= 15 is 0 Å². The Bertz CT molecular complexity index is 3240. The molecule has 564 valence electrons. The largest absolute Gasteiger partial charge is 0.508 e. The van der Waals surface area contributed by atoms with Crippen molar-refractivity contribution in [3.05, 3.63) is 83.9 Å². The van der Waals surface area contributed by atoms with Crippen molar-refractivity contribution in [1.82, 2.24) is 73.8 Å². The van der Waals surface area contributed by atoms with Crippen molar-refractivity contribution in [2.75, 3.05) is 53.9 Å². The van der Waals surface area contributed by atoms with Crippen molar-refractivity contribution < 1.29 is 77.3 Å². The Balaban J connectivity index is 1.89. The molecule has 0 saturated carbocycles. The zero-order valence-electron chi connectivity index (χ0n) is 56.4. The number of aromatic nitrogens is 2. The number of amides is 13. The van der Waals surface area contributed by atoms with Crippen LogP contribution in [0.15, 0.2) is 67.1 Å². The Morgan fingerprint density at radius 2 is 0.775 bits per heavy atom. The summed E-state index contributed by atoms with van der Waals surface area (Å²) in [5.41, 5.74) is 18.2. The van der Waals surface area contributed by atoms with Gasteiger partial charge in [-0.05, 0) is 99.7 Å². The smallest absolute Gasteiger partial charge is 0.326 e. The number of H-pyrrole nitrogens is 1. The van der Waals surface area contributed by atoms with E-state index in [1.807, 2.05) is 0 Å². The second kappa shape index (κ2) is 48.1. The topological polar surface area (TPSA) is 531 Å². The number of thiol groups is 5. The number of hydrogen-bond donors (Lipinski definition) is 23. The van der Waals surface area contributed by atoms with E-state index in [0.717, 1.165) is 0 Å². The Hall–Kier alpha value is -7.95. The summed E-state index contributed by atoms with van der Waals surface area (Å²) < 4.78 is 0. The third-order valence-corrected chi connectivity index (χ3v) is 17.8. The molecule has 0 fully saturated rings. The number of nitrogens with zero attached hydrogens (tertiary/aromatic N) is 1. The van der Waals surface area contributed by atoms with Gasteiger partial charge in [-0.25, -0.2) is 9.78 Å². The van der Waals surface area contributed by atoms with Crippen LogP contribution in [0.4, 0.5) is 0 Å². The molecule has 0 radical (unpaired) electrons. The first kappa shape index (κ1) is 88.3. The SMILES string of the molecule is CSCC[C@H](NC(=O)[C@H](CCC(N)=O)NC(=O)[C@H](CS)NC(=O)[C@H](Cc1cnc[nH]1)NC(=O)[C@H](Cc1ccc(O)cc1)NC(=O)[C@H](CS)NC(=O)[C@H](CS)NC(=O)[C@H](CCCCN)NC(=O)[C@H](CCCCN)NC(=O)[C@H](CS)NC(C)=O)C(=O)N[C@@H](CS)C(=O)N[C@@H](Cc1ccccc1)C(=O)O. The number of imidazole rings is 1. The van der Waals surface area contributed by atoms with Crippen LogP contribution in [0.3, 0.4) is 0 Å². The minimum Gasteiger partial charge on any atom is -0.508 e. The van der Waals surface area contributed by atoms with Gasteiger partial charge in [-0.3, -0.25) is 62.3 Å². The Labute approximate surface area is 622 Å². The lowest BCUT2D eigenvalue weighted by molar-refractivity contribution is -0.142. The summed E-state index contributed by atoms with van der Waals surface area (Å²) in [6, 6.07) is -3.11. The van der Waals surface area contributed by atoms with Crippen LogP contribution in [0.5, 0.6) is 5.75 Å². The number of thioether (sulfide) groups is 1. The van der Waals surface area contributed by atoms with Gasteiger partial charge in [0, 0.05) is 73.3 Å². The van der Waals surface area contributed by atoms with Crippen molar-refractivity contribution in [1.29, 1.82) is 0 Å². The molecule has 0 aliphatic heterocycles. The predicted octanol–water partition coefficient (Wildman–Crippen LogP) is -4.01. The summed E-state index contributed by atoms with van der Waals surface area (Å²) in [6.07, 6.45) is 4.51. The number of primary amides is 1. The number of phenolic OH excluding ortho intramolecular Hbond substituents is 1. The van der Waals surface area contributed by atoms with Gasteiger partial charge < -0.3 is 96.2 Å². The molecule has 33 nitrogen and oxygen atoms in total. The van der Waals surface area contributed by atoms with Gasteiger partial charge in [0.25, 0.3) is 0 Å². The van der Waals surface area contributed by atoms with Gasteiger partial charge in [0.1, 0.15) is 78.3 Å². The molecule has 21 N–H and O–H groups in total. The number of phenols is 1. The van der Waals surface area contributed by atoms with E-state index < -0.39 is 180 Å². The molecule has 0 spiro atoms. The molecule has 0 aliphatic carbocycles. The van der Waals surface area contributed by atoms with Crippen LogP contribution >= 0.6 is 74.9 Å². The quantitative estimate of drug-likeness (QED) is 0.0189. The van der Waals surface area contributed by atoms with E-state index in [1.165, 1.54) is 55.5 Å². The van der Waals surface area contributed by atoms with Gasteiger partial charge in [-0.1, -0.05) is 42.5 Å². The molecule has 3 aromatic rings. The van der Waals surface area contributed by atoms with E-state index in [1.54, 1.807) is 36.6 Å². The molecule has 39 heteroatoms. The number of hydrogen-bond acceptors (Lipinski definition) is 24. The fraction of sp³-hybridized carbons (Fsp3) is 0.540. The lowest BCUT2D eigenvalue weighted by Crippen LogP contribution is -2.62. The van der Waals surface area contributed by atoms with Crippen molar-refractivity contribution >= 4 is 158 Å². The number of carboxylic acid groups (broad SMARTS) is 1.